The van der Waals surface area contributed by atoms with Gasteiger partial charge in [-0.05, 0) is 0 Å². The van der Waals surface area contributed by atoms with Crippen molar-refractivity contribution in [1.82, 2.24) is 4.98 Å². The van der Waals surface area contributed by atoms with Gasteiger partial charge < -0.3 is 4.98 Å². The summed E-state index contributed by atoms with van der Waals surface area (Å²) in [5.74, 6) is 0. The van der Waals surface area contributed by atoms with E-state index in [1.165, 1.54) is 5.57 Å². The fraction of sp³-hybridized carbons (Fsp3) is 0.385. The van der Waals surface area contributed by atoms with Crippen LogP contribution in [-0.2, 0) is 19.5 Å². The molecule has 0 bridgehead atoms. The molecule has 84 valence electrons. The van der Waals surface area contributed by atoms with E-state index in [0.717, 1.165) is 17.0 Å². The zero-order chi connectivity index (χ0) is 11.1. The molecule has 0 aromatic carbocycles. The third-order valence-corrected chi connectivity index (χ3v) is 1.43. The second-order valence-electron chi connectivity index (χ2n) is 3.69. The Labute approximate surface area is 106 Å². The average molecular weight is 290 g/mol. The maximum atomic E-state index is 5.33. The summed E-state index contributed by atoms with van der Waals surface area (Å²) < 4.78 is 0. The summed E-state index contributed by atoms with van der Waals surface area (Å²) >= 11 is 0. The van der Waals surface area contributed by atoms with E-state index in [0.29, 0.717) is 0 Å². The number of hydrogen-bond acceptors (Lipinski definition) is 1. The van der Waals surface area contributed by atoms with Gasteiger partial charge in [-0.2, -0.15) is 17.7 Å². The van der Waals surface area contributed by atoms with Crippen LogP contribution in [0.25, 0.3) is 0 Å². The zero-order valence-corrected chi connectivity index (χ0v) is 11.8. The van der Waals surface area contributed by atoms with Crippen molar-refractivity contribution in [3.05, 3.63) is 47.3 Å². The normalized spacial score (nSPS) is 8.07. The minimum absolute atomic E-state index is 0. The van der Waals surface area contributed by atoms with E-state index in [4.69, 9.17) is 6.58 Å². The second-order valence-corrected chi connectivity index (χ2v) is 3.69. The van der Waals surface area contributed by atoms with Crippen molar-refractivity contribution in [2.45, 2.75) is 34.6 Å². The SMILES string of the molecule is Cc1cc[c-](C)n1.[CH-]=C(C)C=C(C)C.[Ru+2]. The maximum Gasteiger partial charge on any atom is 2.00 e. The molecule has 0 fully saturated rings. The van der Waals surface area contributed by atoms with Crippen LogP contribution in [0.2, 0.25) is 0 Å². The van der Waals surface area contributed by atoms with Crippen LogP contribution in [0, 0.1) is 20.4 Å². The molecular formula is C13H19NRu. The van der Waals surface area contributed by atoms with Gasteiger partial charge in [0.1, 0.15) is 0 Å². The second kappa shape index (κ2) is 8.67. The van der Waals surface area contributed by atoms with E-state index in [1.807, 2.05) is 52.8 Å². The van der Waals surface area contributed by atoms with Crippen molar-refractivity contribution < 1.29 is 19.5 Å². The molecule has 0 N–H and O–H groups in total. The first-order valence-corrected chi connectivity index (χ1v) is 4.72. The van der Waals surface area contributed by atoms with Crippen molar-refractivity contribution >= 4 is 0 Å². The topological polar surface area (TPSA) is 12.9 Å². The third kappa shape index (κ3) is 11.3. The van der Waals surface area contributed by atoms with E-state index in [9.17, 15) is 0 Å². The van der Waals surface area contributed by atoms with E-state index >= 15 is 0 Å². The fourth-order valence-corrected chi connectivity index (χ4v) is 1.05. The Morgan fingerprint density at radius 1 is 1.40 bits per heavy atom. The third-order valence-electron chi connectivity index (χ3n) is 1.43. The Morgan fingerprint density at radius 2 is 1.93 bits per heavy atom. The predicted molar refractivity (Wildman–Crippen MR) is 62.2 cm³/mol. The van der Waals surface area contributed by atoms with Crippen molar-refractivity contribution in [3.8, 4) is 0 Å². The molecule has 0 saturated carbocycles. The first kappa shape index (κ1) is 16.8. The minimum Gasteiger partial charge on any atom is -0.397 e. The molecule has 0 spiro atoms. The molecule has 1 aromatic heterocycles. The molecule has 2 heteroatoms. The molecule has 1 aromatic rings. The van der Waals surface area contributed by atoms with Crippen molar-refractivity contribution in [3.63, 3.8) is 0 Å². The van der Waals surface area contributed by atoms with Crippen molar-refractivity contribution in [2.24, 2.45) is 0 Å². The average Bonchev–Trinajstić information content (AvgIpc) is 2.32. The van der Waals surface area contributed by atoms with E-state index in [-0.39, 0.29) is 19.5 Å². The van der Waals surface area contributed by atoms with Crippen LogP contribution in [0.3, 0.4) is 0 Å². The van der Waals surface area contributed by atoms with Crippen LogP contribution in [-0.4, -0.2) is 4.98 Å². The molecule has 0 amide bonds. The molecule has 0 unspecified atom stereocenters. The summed E-state index contributed by atoms with van der Waals surface area (Å²) in [6.45, 7) is 15.2. The van der Waals surface area contributed by atoms with Gasteiger partial charge in [-0.3, -0.25) is 6.58 Å². The molecule has 0 saturated heterocycles. The summed E-state index contributed by atoms with van der Waals surface area (Å²) in [5.41, 5.74) is 4.34. The molecule has 1 nitrogen and oxygen atoms in total. The molecule has 0 atom stereocenters. The van der Waals surface area contributed by atoms with Gasteiger partial charge in [-0.1, -0.05) is 40.3 Å². The number of aryl methyl sites for hydroxylation is 2. The van der Waals surface area contributed by atoms with Gasteiger partial charge in [0.15, 0.2) is 0 Å². The first-order valence-electron chi connectivity index (χ1n) is 4.72. The van der Waals surface area contributed by atoms with Gasteiger partial charge in [-0.15, -0.1) is 5.69 Å². The Morgan fingerprint density at radius 3 is 2.00 bits per heavy atom. The number of rotatable bonds is 1. The van der Waals surface area contributed by atoms with Crippen molar-refractivity contribution in [1.29, 1.82) is 0 Å². The van der Waals surface area contributed by atoms with Gasteiger partial charge in [0.05, 0.1) is 0 Å². The van der Waals surface area contributed by atoms with E-state index in [1.54, 1.807) is 0 Å². The van der Waals surface area contributed by atoms with Crippen molar-refractivity contribution in [2.75, 3.05) is 0 Å². The van der Waals surface area contributed by atoms with E-state index in [2.05, 4.69) is 4.98 Å². The summed E-state index contributed by atoms with van der Waals surface area (Å²) in [6.07, 6.45) is 1.94. The molecule has 15 heavy (non-hydrogen) atoms. The summed E-state index contributed by atoms with van der Waals surface area (Å²) in [5, 5.41) is 0. The molecule has 0 aliphatic carbocycles. The standard InChI is InChI=1S/C7H11.C6H8N.Ru/c1-6(2)5-7(3)4;1-5-3-4-6(2)7-5;/h1,5H,2-4H3;3-4H,1-2H3;/q2*-1;+2. The van der Waals surface area contributed by atoms with Crippen LogP contribution < -0.4 is 0 Å². The van der Waals surface area contributed by atoms with Gasteiger partial charge in [0, 0.05) is 0 Å². The van der Waals surface area contributed by atoms with Crippen LogP contribution in [0.4, 0.5) is 0 Å². The fourth-order valence-electron chi connectivity index (χ4n) is 1.05. The number of allylic oxidation sites excluding steroid dienone is 3. The molecular weight excluding hydrogens is 271 g/mol. The van der Waals surface area contributed by atoms with E-state index < -0.39 is 0 Å². The van der Waals surface area contributed by atoms with Crippen LogP contribution in [0.15, 0.2) is 29.4 Å². The minimum atomic E-state index is 0. The molecule has 1 heterocycles. The predicted octanol–water partition coefficient (Wildman–Crippen LogP) is 3.75. The van der Waals surface area contributed by atoms with Gasteiger partial charge in [0.2, 0.25) is 0 Å². The molecule has 0 aliphatic heterocycles. The van der Waals surface area contributed by atoms with Gasteiger partial charge in [-0.25, -0.2) is 11.6 Å². The Kier molecular flexibility index (Phi) is 9.71. The molecule has 0 aliphatic rings. The van der Waals surface area contributed by atoms with Crippen LogP contribution in [0.1, 0.15) is 32.2 Å². The van der Waals surface area contributed by atoms with Crippen LogP contribution >= 0.6 is 0 Å². The zero-order valence-electron chi connectivity index (χ0n) is 10.1. The maximum absolute atomic E-state index is 5.33. The number of nitrogens with zero attached hydrogens (tertiary/aromatic N) is 1. The molecule has 0 radical (unpaired) electrons. The quantitative estimate of drug-likeness (QED) is 0.436. The smallest absolute Gasteiger partial charge is 0.397 e. The van der Waals surface area contributed by atoms with Gasteiger partial charge >= 0.3 is 19.5 Å². The summed E-state index contributed by atoms with van der Waals surface area (Å²) in [4.78, 5) is 4.11. The first-order chi connectivity index (χ1) is 6.41. The Bertz CT molecular complexity index is 301. The Balaban J connectivity index is 0. The molecule has 1 rings (SSSR count). The van der Waals surface area contributed by atoms with Gasteiger partial charge in [0.25, 0.3) is 0 Å². The summed E-state index contributed by atoms with van der Waals surface area (Å²) in [6, 6.07) is 4.02. The van der Waals surface area contributed by atoms with Crippen LogP contribution in [0.5, 0.6) is 0 Å². The monoisotopic (exact) mass is 291 g/mol. The number of aromatic nitrogens is 1. The number of hydrogen-bond donors (Lipinski definition) is 0. The summed E-state index contributed by atoms with van der Waals surface area (Å²) in [7, 11) is 0. The largest absolute Gasteiger partial charge is 2.00 e. The Hall–Kier alpha value is -0.617.